The maximum atomic E-state index is 12.7. The Hall–Kier alpha value is -3.72. The highest BCUT2D eigenvalue weighted by Crippen LogP contribution is 2.23. The van der Waals surface area contributed by atoms with Crippen molar-refractivity contribution in [2.45, 2.75) is 19.6 Å². The quantitative estimate of drug-likeness (QED) is 0.567. The number of hydrogen-bond acceptors (Lipinski definition) is 7. The predicted octanol–water partition coefficient (Wildman–Crippen LogP) is 1.58. The zero-order valence-corrected chi connectivity index (χ0v) is 16.5. The van der Waals surface area contributed by atoms with Crippen LogP contribution in [0.25, 0.3) is 10.8 Å². The number of carbonyl (C=O) groups is 2. The number of aromatic nitrogens is 2. The molecule has 0 aliphatic rings. The lowest BCUT2D eigenvalue weighted by atomic mass is 10.1. The number of amides is 1. The smallest absolute Gasteiger partial charge is 0.360 e. The third-order valence-electron chi connectivity index (χ3n) is 4.39. The number of aliphatic hydroxyl groups excluding tert-OH is 1. The van der Waals surface area contributed by atoms with E-state index >= 15 is 0 Å². The van der Waals surface area contributed by atoms with Crippen LogP contribution in [0, 0.1) is 0 Å². The molecule has 2 N–H and O–H groups in total. The third kappa shape index (κ3) is 4.31. The van der Waals surface area contributed by atoms with Gasteiger partial charge in [0.25, 0.3) is 11.5 Å². The summed E-state index contributed by atoms with van der Waals surface area (Å²) in [4.78, 5) is 37.7. The van der Waals surface area contributed by atoms with E-state index in [1.165, 1.54) is 14.0 Å². The number of fused-ring (bicyclic) bond motifs is 1. The van der Waals surface area contributed by atoms with Crippen molar-refractivity contribution in [1.29, 1.82) is 0 Å². The first-order chi connectivity index (χ1) is 14.5. The Bertz CT molecular complexity index is 1140. The van der Waals surface area contributed by atoms with E-state index in [0.717, 1.165) is 4.68 Å². The minimum Gasteiger partial charge on any atom is -0.495 e. The summed E-state index contributed by atoms with van der Waals surface area (Å²) in [5.74, 6) is -0.950. The van der Waals surface area contributed by atoms with E-state index in [2.05, 4.69) is 10.4 Å². The van der Waals surface area contributed by atoms with Crippen LogP contribution in [0.15, 0.2) is 53.3 Å². The minimum absolute atomic E-state index is 0.0756. The van der Waals surface area contributed by atoms with Gasteiger partial charge in [0.1, 0.15) is 5.75 Å². The lowest BCUT2D eigenvalue weighted by molar-refractivity contribution is -0.123. The predicted molar refractivity (Wildman–Crippen MR) is 110 cm³/mol. The number of benzene rings is 2. The van der Waals surface area contributed by atoms with E-state index in [-0.39, 0.29) is 24.2 Å². The van der Waals surface area contributed by atoms with Crippen molar-refractivity contribution in [3.8, 4) is 5.75 Å². The third-order valence-corrected chi connectivity index (χ3v) is 4.39. The van der Waals surface area contributed by atoms with Gasteiger partial charge in [0.15, 0.2) is 11.8 Å². The molecule has 1 atom stereocenters. The number of methoxy groups -OCH3 is 1. The highest BCUT2D eigenvalue weighted by molar-refractivity contribution is 6.04. The highest BCUT2D eigenvalue weighted by Gasteiger charge is 2.24. The van der Waals surface area contributed by atoms with Crippen molar-refractivity contribution in [1.82, 2.24) is 9.78 Å². The highest BCUT2D eigenvalue weighted by atomic mass is 16.5. The Balaban J connectivity index is 1.84. The van der Waals surface area contributed by atoms with E-state index in [1.54, 1.807) is 48.5 Å². The number of nitrogens with zero attached hydrogens (tertiary/aromatic N) is 2. The number of rotatable bonds is 7. The van der Waals surface area contributed by atoms with Gasteiger partial charge in [-0.05, 0) is 25.1 Å². The molecule has 2 aromatic carbocycles. The Labute approximate surface area is 171 Å². The Morgan fingerprint density at radius 3 is 2.50 bits per heavy atom. The van der Waals surface area contributed by atoms with Gasteiger partial charge in [-0.3, -0.25) is 9.59 Å². The van der Waals surface area contributed by atoms with Crippen molar-refractivity contribution in [3.63, 3.8) is 0 Å². The molecule has 1 amide bonds. The number of ether oxygens (including phenoxy) is 2. The Morgan fingerprint density at radius 1 is 1.13 bits per heavy atom. The molecule has 0 saturated carbocycles. The molecule has 30 heavy (non-hydrogen) atoms. The van der Waals surface area contributed by atoms with Crippen LogP contribution >= 0.6 is 0 Å². The van der Waals surface area contributed by atoms with Crippen molar-refractivity contribution in [2.75, 3.05) is 19.0 Å². The lowest BCUT2D eigenvalue weighted by Gasteiger charge is -2.16. The van der Waals surface area contributed by atoms with Gasteiger partial charge in [-0.2, -0.15) is 5.10 Å². The maximum absolute atomic E-state index is 12.7. The van der Waals surface area contributed by atoms with Crippen LogP contribution in [0.1, 0.15) is 17.4 Å². The molecule has 0 aliphatic carbocycles. The second-order valence-electron chi connectivity index (χ2n) is 6.38. The molecule has 3 aromatic rings. The Morgan fingerprint density at radius 2 is 1.80 bits per heavy atom. The number of aliphatic hydroxyl groups is 1. The molecule has 1 aromatic heterocycles. The first-order valence-electron chi connectivity index (χ1n) is 9.21. The van der Waals surface area contributed by atoms with Crippen LogP contribution in [0.4, 0.5) is 5.69 Å². The molecule has 3 rings (SSSR count). The standard InChI is InChI=1S/C21H21N3O6/c1-13(19(26)22-16-9-5-6-10-17(16)29-2)30-21(28)18-14-7-3-4-8-15(14)20(27)24(23-18)11-12-25/h3-10,13,25H,11-12H2,1-2H3,(H,22,26)/t13-/m0/s1. The molecule has 1 heterocycles. The fraction of sp³-hybridized carbons (Fsp3) is 0.238. The summed E-state index contributed by atoms with van der Waals surface area (Å²) in [6.45, 7) is 1.03. The van der Waals surface area contributed by atoms with E-state index in [4.69, 9.17) is 14.6 Å². The van der Waals surface area contributed by atoms with Gasteiger partial charge in [-0.15, -0.1) is 0 Å². The van der Waals surface area contributed by atoms with E-state index in [1.807, 2.05) is 0 Å². The van der Waals surface area contributed by atoms with Gasteiger partial charge in [0, 0.05) is 5.39 Å². The molecule has 9 heteroatoms. The number of esters is 1. The summed E-state index contributed by atoms with van der Waals surface area (Å²) in [6, 6.07) is 13.3. The molecule has 156 valence electrons. The summed E-state index contributed by atoms with van der Waals surface area (Å²) in [5, 5.41) is 16.4. The minimum atomic E-state index is -1.14. The van der Waals surface area contributed by atoms with E-state index < -0.39 is 23.5 Å². The fourth-order valence-electron chi connectivity index (χ4n) is 2.88. The second-order valence-corrected chi connectivity index (χ2v) is 6.38. The summed E-state index contributed by atoms with van der Waals surface area (Å²) in [6.07, 6.45) is -1.14. The summed E-state index contributed by atoms with van der Waals surface area (Å²) in [5.41, 5.74) is -0.110. The second kappa shape index (κ2) is 9.19. The van der Waals surface area contributed by atoms with E-state index in [9.17, 15) is 14.4 Å². The zero-order valence-electron chi connectivity index (χ0n) is 16.5. The number of anilines is 1. The average molecular weight is 411 g/mol. The summed E-state index contributed by atoms with van der Waals surface area (Å²) in [7, 11) is 1.48. The van der Waals surface area contributed by atoms with Crippen molar-refractivity contribution in [2.24, 2.45) is 0 Å². The maximum Gasteiger partial charge on any atom is 0.360 e. The normalized spacial score (nSPS) is 11.7. The summed E-state index contributed by atoms with van der Waals surface area (Å²) >= 11 is 0. The van der Waals surface area contributed by atoms with E-state index in [0.29, 0.717) is 16.8 Å². The van der Waals surface area contributed by atoms with Gasteiger partial charge >= 0.3 is 5.97 Å². The molecule has 0 aliphatic heterocycles. The monoisotopic (exact) mass is 411 g/mol. The topological polar surface area (TPSA) is 120 Å². The van der Waals surface area contributed by atoms with Crippen LogP contribution < -0.4 is 15.6 Å². The molecule has 9 nitrogen and oxygen atoms in total. The van der Waals surface area contributed by atoms with Crippen molar-refractivity contribution >= 4 is 28.3 Å². The molecular formula is C21H21N3O6. The summed E-state index contributed by atoms with van der Waals surface area (Å²) < 4.78 is 11.5. The van der Waals surface area contributed by atoms with Crippen LogP contribution in [0.2, 0.25) is 0 Å². The molecule has 0 unspecified atom stereocenters. The fourth-order valence-corrected chi connectivity index (χ4v) is 2.88. The van der Waals surface area contributed by atoms with Crippen LogP contribution in [0.3, 0.4) is 0 Å². The molecule has 0 bridgehead atoms. The molecule has 0 fully saturated rings. The number of carbonyl (C=O) groups excluding carboxylic acids is 2. The van der Waals surface area contributed by atoms with Gasteiger partial charge in [-0.1, -0.05) is 30.3 Å². The van der Waals surface area contributed by atoms with Gasteiger partial charge < -0.3 is 19.9 Å². The van der Waals surface area contributed by atoms with Crippen molar-refractivity contribution in [3.05, 3.63) is 64.6 Å². The number of hydrogen-bond donors (Lipinski definition) is 2. The van der Waals surface area contributed by atoms with Crippen LogP contribution in [-0.2, 0) is 16.1 Å². The number of nitrogens with one attached hydrogen (secondary N) is 1. The first kappa shape index (κ1) is 21.0. The lowest BCUT2D eigenvalue weighted by Crippen LogP contribution is -2.32. The average Bonchev–Trinajstić information content (AvgIpc) is 2.76. The van der Waals surface area contributed by atoms with Gasteiger partial charge in [0.05, 0.1) is 31.3 Å². The van der Waals surface area contributed by atoms with Gasteiger partial charge in [-0.25, -0.2) is 9.48 Å². The SMILES string of the molecule is COc1ccccc1NC(=O)[C@H](C)OC(=O)c1nn(CCO)c(=O)c2ccccc12. The van der Waals surface area contributed by atoms with Crippen LogP contribution in [0.5, 0.6) is 5.75 Å². The van der Waals surface area contributed by atoms with Gasteiger partial charge in [0.2, 0.25) is 0 Å². The zero-order chi connectivity index (χ0) is 21.7. The van der Waals surface area contributed by atoms with Crippen LogP contribution in [-0.4, -0.2) is 46.6 Å². The molecule has 0 spiro atoms. The first-order valence-corrected chi connectivity index (χ1v) is 9.21. The Kier molecular flexibility index (Phi) is 6.43. The largest absolute Gasteiger partial charge is 0.495 e. The molecule has 0 saturated heterocycles. The molecule has 0 radical (unpaired) electrons. The number of para-hydroxylation sites is 2. The van der Waals surface area contributed by atoms with Crippen molar-refractivity contribution < 1.29 is 24.2 Å². The molecular weight excluding hydrogens is 390 g/mol.